The number of carbonyl (C=O) groups excluding carboxylic acids is 4. The smallest absolute Gasteiger partial charge is 0.407 e. The summed E-state index contributed by atoms with van der Waals surface area (Å²) in [6, 6.07) is 14.2. The second kappa shape index (κ2) is 14.1. The van der Waals surface area contributed by atoms with Gasteiger partial charge in [0.25, 0.3) is 0 Å². The van der Waals surface area contributed by atoms with Gasteiger partial charge in [-0.05, 0) is 77.3 Å². The number of ether oxygens (including phenoxy) is 2. The first-order valence-electron chi connectivity index (χ1n) is 16.3. The third kappa shape index (κ3) is 7.29. The number of nitrogens with two attached hydrogens (primary N) is 1. The van der Waals surface area contributed by atoms with Crippen LogP contribution in [0.1, 0.15) is 93.4 Å². The van der Waals surface area contributed by atoms with Crippen LogP contribution in [0.2, 0.25) is 0 Å². The first-order chi connectivity index (χ1) is 22.4. The SMILES string of the molecule is CCOC(=O)c1oc2ccccc2c1C1C[C@@H](c2ccccc2)[C@@H](C(N)=O)N1C(=O)[C@H]1CC[C@H]([C@@H](CF)NC(=O)OC(C)(C)C)CC1. The molecule has 1 aliphatic heterocycles. The topological polar surface area (TPSA) is 141 Å². The summed E-state index contributed by atoms with van der Waals surface area (Å²) in [4.78, 5) is 55.1. The zero-order chi connectivity index (χ0) is 33.9. The van der Waals surface area contributed by atoms with Crippen LogP contribution < -0.4 is 11.1 Å². The predicted molar refractivity (Wildman–Crippen MR) is 173 cm³/mol. The summed E-state index contributed by atoms with van der Waals surface area (Å²) in [6.07, 6.45) is 1.49. The number of hydrogen-bond acceptors (Lipinski definition) is 7. The van der Waals surface area contributed by atoms with E-state index in [0.29, 0.717) is 48.6 Å². The number of primary amides is 1. The van der Waals surface area contributed by atoms with Crippen molar-refractivity contribution in [1.82, 2.24) is 10.2 Å². The molecule has 11 heteroatoms. The van der Waals surface area contributed by atoms with Crippen molar-refractivity contribution >= 4 is 34.8 Å². The predicted octanol–water partition coefficient (Wildman–Crippen LogP) is 6.19. The van der Waals surface area contributed by atoms with E-state index in [9.17, 15) is 23.6 Å². The van der Waals surface area contributed by atoms with E-state index in [1.807, 2.05) is 42.5 Å². The number of amides is 3. The molecular weight excluding hydrogens is 605 g/mol. The van der Waals surface area contributed by atoms with Crippen LogP contribution >= 0.6 is 0 Å². The first kappa shape index (κ1) is 33.9. The fourth-order valence-electron chi connectivity index (χ4n) is 7.24. The van der Waals surface area contributed by atoms with E-state index >= 15 is 0 Å². The van der Waals surface area contributed by atoms with Crippen molar-refractivity contribution in [3.63, 3.8) is 0 Å². The number of esters is 1. The third-order valence-electron chi connectivity index (χ3n) is 9.25. The van der Waals surface area contributed by atoms with Crippen LogP contribution in [0.15, 0.2) is 59.0 Å². The lowest BCUT2D eigenvalue weighted by atomic mass is 9.78. The molecule has 1 aliphatic carbocycles. The van der Waals surface area contributed by atoms with Gasteiger partial charge in [-0.25, -0.2) is 14.0 Å². The van der Waals surface area contributed by atoms with Crippen LogP contribution in [-0.2, 0) is 19.1 Å². The number of para-hydroxylation sites is 1. The summed E-state index contributed by atoms with van der Waals surface area (Å²) in [6.45, 7) is 6.29. The van der Waals surface area contributed by atoms with Gasteiger partial charge in [0.05, 0.1) is 18.7 Å². The van der Waals surface area contributed by atoms with Crippen molar-refractivity contribution in [2.45, 2.75) is 89.4 Å². The molecule has 3 aromatic rings. The number of benzene rings is 2. The maximum absolute atomic E-state index is 14.6. The number of alkyl halides is 1. The number of alkyl carbamates (subject to hydrolysis) is 1. The zero-order valence-electron chi connectivity index (χ0n) is 27.4. The minimum absolute atomic E-state index is 0.00417. The first-order valence-corrected chi connectivity index (χ1v) is 16.3. The summed E-state index contributed by atoms with van der Waals surface area (Å²) in [5.41, 5.74) is 7.17. The molecule has 3 N–H and O–H groups in total. The van der Waals surface area contributed by atoms with Crippen LogP contribution in [0.4, 0.5) is 9.18 Å². The quantitative estimate of drug-likeness (QED) is 0.263. The lowest BCUT2D eigenvalue weighted by Gasteiger charge is -2.37. The number of carbonyl (C=O) groups is 4. The molecule has 1 unspecified atom stereocenters. The van der Waals surface area contributed by atoms with Crippen LogP contribution in [-0.4, -0.2) is 59.7 Å². The number of furan rings is 1. The zero-order valence-corrected chi connectivity index (χ0v) is 27.4. The van der Waals surface area contributed by atoms with E-state index in [1.165, 1.54) is 0 Å². The van der Waals surface area contributed by atoms with Crippen molar-refractivity contribution in [1.29, 1.82) is 0 Å². The Morgan fingerprint density at radius 2 is 1.68 bits per heavy atom. The second-order valence-electron chi connectivity index (χ2n) is 13.4. The Morgan fingerprint density at radius 3 is 2.30 bits per heavy atom. The van der Waals surface area contributed by atoms with Gasteiger partial charge < -0.3 is 29.8 Å². The van der Waals surface area contributed by atoms with Crippen LogP contribution in [0, 0.1) is 11.8 Å². The van der Waals surface area contributed by atoms with E-state index in [2.05, 4.69) is 5.32 Å². The summed E-state index contributed by atoms with van der Waals surface area (Å²) in [7, 11) is 0. The molecule has 0 spiro atoms. The van der Waals surface area contributed by atoms with Crippen LogP contribution in [0.3, 0.4) is 0 Å². The van der Waals surface area contributed by atoms with E-state index < -0.39 is 60.2 Å². The third-order valence-corrected chi connectivity index (χ3v) is 9.25. The molecule has 0 bridgehead atoms. The fraction of sp³-hybridized carbons (Fsp3) is 0.500. The number of nitrogens with one attached hydrogen (secondary N) is 1. The van der Waals surface area contributed by atoms with Gasteiger partial charge in [-0.1, -0.05) is 48.5 Å². The number of nitrogens with zero attached hydrogens (tertiary/aromatic N) is 1. The standard InChI is InChI=1S/C36H44FN3O7/c1-5-45-34(43)31-29(24-13-9-10-14-28(24)46-31)27-19-25(21-11-7-6-8-12-21)30(32(38)41)40(27)33(42)23-17-15-22(16-18-23)26(20-37)39-35(44)47-36(2,3)4/h6-14,22-23,25-27,30H,5,15-20H2,1-4H3,(H2,38,41)(H,39,44)/t22-,23-,25-,26+,27?,30-/m0/s1. The summed E-state index contributed by atoms with van der Waals surface area (Å²) >= 11 is 0. The van der Waals surface area contributed by atoms with Gasteiger partial charge in [-0.3, -0.25) is 9.59 Å². The summed E-state index contributed by atoms with van der Waals surface area (Å²) in [5, 5.41) is 3.31. The molecule has 1 saturated carbocycles. The highest BCUT2D eigenvalue weighted by Crippen LogP contribution is 2.50. The monoisotopic (exact) mass is 649 g/mol. The Morgan fingerprint density at radius 1 is 1.02 bits per heavy atom. The van der Waals surface area contributed by atoms with E-state index in [1.54, 1.807) is 44.7 Å². The van der Waals surface area contributed by atoms with Crippen molar-refractivity contribution < 1.29 is 37.5 Å². The van der Waals surface area contributed by atoms with Crippen molar-refractivity contribution in [2.24, 2.45) is 17.6 Å². The molecule has 3 amide bonds. The van der Waals surface area contributed by atoms with E-state index in [-0.39, 0.29) is 24.2 Å². The van der Waals surface area contributed by atoms with Crippen molar-refractivity contribution in [3.8, 4) is 0 Å². The van der Waals surface area contributed by atoms with Gasteiger partial charge in [0, 0.05) is 22.8 Å². The van der Waals surface area contributed by atoms with Gasteiger partial charge in [-0.2, -0.15) is 0 Å². The summed E-state index contributed by atoms with van der Waals surface area (Å²) < 4.78 is 30.9. The summed E-state index contributed by atoms with van der Waals surface area (Å²) in [5.74, 6) is -2.66. The fourth-order valence-corrected chi connectivity index (χ4v) is 7.24. The molecule has 2 fully saturated rings. The Bertz CT molecular complexity index is 1590. The van der Waals surface area contributed by atoms with Crippen molar-refractivity contribution in [3.05, 3.63) is 71.5 Å². The molecule has 252 valence electrons. The maximum atomic E-state index is 14.6. The molecule has 1 aromatic heterocycles. The number of hydrogen-bond donors (Lipinski definition) is 2. The van der Waals surface area contributed by atoms with Crippen LogP contribution in [0.5, 0.6) is 0 Å². The largest absolute Gasteiger partial charge is 0.460 e. The van der Waals surface area contributed by atoms with Gasteiger partial charge >= 0.3 is 12.1 Å². The molecular formula is C36H44FN3O7. The molecule has 10 nitrogen and oxygen atoms in total. The van der Waals surface area contributed by atoms with E-state index in [0.717, 1.165) is 5.56 Å². The number of halogens is 1. The van der Waals surface area contributed by atoms with Gasteiger partial charge in [0.2, 0.25) is 17.6 Å². The molecule has 4 atom stereocenters. The number of rotatable bonds is 9. The molecule has 2 aliphatic rings. The highest BCUT2D eigenvalue weighted by Gasteiger charge is 2.51. The van der Waals surface area contributed by atoms with Crippen molar-refractivity contribution in [2.75, 3.05) is 13.3 Å². The Hall–Kier alpha value is -4.41. The van der Waals surface area contributed by atoms with Gasteiger partial charge in [0.1, 0.15) is 23.9 Å². The lowest BCUT2D eigenvalue weighted by molar-refractivity contribution is -0.144. The average molecular weight is 650 g/mol. The number of likely N-dealkylation sites (tertiary alicyclic amines) is 1. The van der Waals surface area contributed by atoms with Gasteiger partial charge in [0.15, 0.2) is 0 Å². The lowest BCUT2D eigenvalue weighted by Crippen LogP contribution is -2.50. The minimum atomic E-state index is -0.983. The van der Waals surface area contributed by atoms with E-state index in [4.69, 9.17) is 19.6 Å². The highest BCUT2D eigenvalue weighted by molar-refractivity contribution is 5.98. The second-order valence-corrected chi connectivity index (χ2v) is 13.4. The number of fused-ring (bicyclic) bond motifs is 1. The normalized spacial score (nSPS) is 23.7. The molecule has 47 heavy (non-hydrogen) atoms. The molecule has 5 rings (SSSR count). The van der Waals surface area contributed by atoms with Gasteiger partial charge in [-0.15, -0.1) is 0 Å². The minimum Gasteiger partial charge on any atom is -0.460 e. The Kier molecular flexibility index (Phi) is 10.2. The molecule has 0 radical (unpaired) electrons. The Labute approximate surface area is 274 Å². The molecule has 2 heterocycles. The molecule has 2 aromatic carbocycles. The maximum Gasteiger partial charge on any atom is 0.407 e. The highest BCUT2D eigenvalue weighted by atomic mass is 19.1. The Balaban J connectivity index is 1.48. The molecule has 1 saturated heterocycles. The van der Waals surface area contributed by atoms with Crippen LogP contribution in [0.25, 0.3) is 11.0 Å². The average Bonchev–Trinajstić information content (AvgIpc) is 3.62.